The highest BCUT2D eigenvalue weighted by Gasteiger charge is 2.21. The number of methoxy groups -OCH3 is 3. The van der Waals surface area contributed by atoms with Crippen LogP contribution in [0, 0.1) is 0 Å². The van der Waals surface area contributed by atoms with E-state index in [4.69, 9.17) is 25.8 Å². The molecule has 0 spiro atoms. The van der Waals surface area contributed by atoms with Crippen molar-refractivity contribution in [1.82, 2.24) is 10.2 Å². The third-order valence-corrected chi connectivity index (χ3v) is 5.70. The molecule has 1 aliphatic heterocycles. The Morgan fingerprint density at radius 1 is 0.935 bits per heavy atom. The first-order valence-electron chi connectivity index (χ1n) is 10.4. The molecule has 31 heavy (non-hydrogen) atoms. The van der Waals surface area contributed by atoms with E-state index in [1.165, 1.54) is 19.9 Å². The van der Waals surface area contributed by atoms with E-state index < -0.39 is 0 Å². The second kappa shape index (κ2) is 11.1. The molecule has 1 fully saturated rings. The van der Waals surface area contributed by atoms with Gasteiger partial charge in [0, 0.05) is 43.4 Å². The molecule has 168 valence electrons. The lowest BCUT2D eigenvalue weighted by atomic mass is 10.1. The van der Waals surface area contributed by atoms with E-state index in [0.717, 1.165) is 44.2 Å². The van der Waals surface area contributed by atoms with Gasteiger partial charge in [0.05, 0.1) is 26.9 Å². The predicted octanol–water partition coefficient (Wildman–Crippen LogP) is 3.31. The molecule has 0 saturated carbocycles. The third kappa shape index (κ3) is 5.74. The highest BCUT2D eigenvalue weighted by molar-refractivity contribution is 6.30. The number of ether oxygens (including phenoxy) is 3. The first kappa shape index (κ1) is 23.0. The van der Waals surface area contributed by atoms with E-state index >= 15 is 0 Å². The average molecular weight is 448 g/mol. The van der Waals surface area contributed by atoms with Crippen molar-refractivity contribution in [1.29, 1.82) is 0 Å². The fourth-order valence-corrected chi connectivity index (χ4v) is 3.89. The maximum Gasteiger partial charge on any atom is 0.255 e. The number of carbonyl (C=O) groups excluding carboxylic acids is 1. The molecule has 8 heteroatoms. The van der Waals surface area contributed by atoms with Crippen LogP contribution in [0.25, 0.3) is 0 Å². The number of rotatable bonds is 9. The molecule has 0 aromatic heterocycles. The molecule has 2 aromatic carbocycles. The molecular weight excluding hydrogens is 418 g/mol. The fourth-order valence-electron chi connectivity index (χ4n) is 3.76. The van der Waals surface area contributed by atoms with E-state index in [0.29, 0.717) is 29.4 Å². The summed E-state index contributed by atoms with van der Waals surface area (Å²) in [4.78, 5) is 17.4. The van der Waals surface area contributed by atoms with Gasteiger partial charge in [-0.1, -0.05) is 11.6 Å². The van der Waals surface area contributed by atoms with Gasteiger partial charge < -0.3 is 24.4 Å². The zero-order valence-corrected chi connectivity index (χ0v) is 19.1. The van der Waals surface area contributed by atoms with Crippen molar-refractivity contribution in [2.24, 2.45) is 0 Å². The molecule has 1 saturated heterocycles. The Hall–Kier alpha value is -2.64. The van der Waals surface area contributed by atoms with Gasteiger partial charge in [0.2, 0.25) is 5.75 Å². The number of nitrogens with zero attached hydrogens (tertiary/aromatic N) is 2. The topological polar surface area (TPSA) is 63.3 Å². The molecule has 0 bridgehead atoms. The zero-order chi connectivity index (χ0) is 22.2. The predicted molar refractivity (Wildman–Crippen MR) is 123 cm³/mol. The standard InChI is InChI=1S/C23H30ClN3O4/c1-29-20-10-9-19(21(30-2)22(20)31-3)23(28)25-11-4-12-26-13-15-27(16-14-26)18-7-5-17(24)6-8-18/h5-10H,4,11-16H2,1-3H3,(H,25,28). The SMILES string of the molecule is COc1ccc(C(=O)NCCCN2CCN(c3ccc(Cl)cc3)CC2)c(OC)c1OC. The maximum absolute atomic E-state index is 12.6. The smallest absolute Gasteiger partial charge is 0.255 e. The van der Waals surface area contributed by atoms with Gasteiger partial charge in [0.25, 0.3) is 5.91 Å². The number of halogens is 1. The Balaban J connectivity index is 1.44. The summed E-state index contributed by atoms with van der Waals surface area (Å²) in [5.74, 6) is 1.12. The number of hydrogen-bond acceptors (Lipinski definition) is 6. The number of piperazine rings is 1. The second-order valence-electron chi connectivity index (χ2n) is 7.30. The van der Waals surface area contributed by atoms with Crippen LogP contribution in [0.2, 0.25) is 5.02 Å². The lowest BCUT2D eigenvalue weighted by molar-refractivity contribution is 0.0947. The van der Waals surface area contributed by atoms with Crippen molar-refractivity contribution in [3.05, 3.63) is 47.0 Å². The highest BCUT2D eigenvalue weighted by atomic mass is 35.5. The van der Waals surface area contributed by atoms with E-state index in [2.05, 4.69) is 27.2 Å². The van der Waals surface area contributed by atoms with Crippen molar-refractivity contribution in [2.45, 2.75) is 6.42 Å². The van der Waals surface area contributed by atoms with Gasteiger partial charge in [0.1, 0.15) is 0 Å². The number of amides is 1. The third-order valence-electron chi connectivity index (χ3n) is 5.45. The molecule has 7 nitrogen and oxygen atoms in total. The van der Waals surface area contributed by atoms with E-state index in [9.17, 15) is 4.79 Å². The number of carbonyl (C=O) groups is 1. The molecule has 3 rings (SSSR count). The second-order valence-corrected chi connectivity index (χ2v) is 7.73. The van der Waals surface area contributed by atoms with Crippen LogP contribution in [-0.2, 0) is 0 Å². The van der Waals surface area contributed by atoms with Crippen LogP contribution in [0.15, 0.2) is 36.4 Å². The lowest BCUT2D eigenvalue weighted by Gasteiger charge is -2.36. The molecule has 2 aromatic rings. The number of hydrogen-bond donors (Lipinski definition) is 1. The van der Waals surface area contributed by atoms with Crippen LogP contribution >= 0.6 is 11.6 Å². The van der Waals surface area contributed by atoms with E-state index in [1.54, 1.807) is 19.2 Å². The van der Waals surface area contributed by atoms with Gasteiger partial charge in [-0.15, -0.1) is 0 Å². The van der Waals surface area contributed by atoms with Crippen LogP contribution < -0.4 is 24.4 Å². The molecule has 1 amide bonds. The normalized spacial score (nSPS) is 14.3. The highest BCUT2D eigenvalue weighted by Crippen LogP contribution is 2.39. The molecular formula is C23H30ClN3O4. The molecule has 0 radical (unpaired) electrons. The summed E-state index contributed by atoms with van der Waals surface area (Å²) in [5.41, 5.74) is 1.64. The Morgan fingerprint density at radius 2 is 1.61 bits per heavy atom. The van der Waals surface area contributed by atoms with E-state index in [1.807, 2.05) is 12.1 Å². The average Bonchev–Trinajstić information content (AvgIpc) is 2.81. The maximum atomic E-state index is 12.6. The summed E-state index contributed by atoms with van der Waals surface area (Å²) in [5, 5.41) is 3.74. The summed E-state index contributed by atoms with van der Waals surface area (Å²) < 4.78 is 16.0. The largest absolute Gasteiger partial charge is 0.493 e. The minimum absolute atomic E-state index is 0.189. The van der Waals surface area contributed by atoms with Crippen LogP contribution in [0.3, 0.4) is 0 Å². The molecule has 1 aliphatic rings. The van der Waals surface area contributed by atoms with Gasteiger partial charge in [-0.05, 0) is 49.4 Å². The van der Waals surface area contributed by atoms with Crippen molar-refractivity contribution < 1.29 is 19.0 Å². The fraction of sp³-hybridized carbons (Fsp3) is 0.435. The van der Waals surface area contributed by atoms with Gasteiger partial charge in [-0.2, -0.15) is 0 Å². The quantitative estimate of drug-likeness (QED) is 0.595. The Morgan fingerprint density at radius 3 is 2.23 bits per heavy atom. The number of anilines is 1. The van der Waals surface area contributed by atoms with Crippen LogP contribution in [0.1, 0.15) is 16.8 Å². The van der Waals surface area contributed by atoms with Crippen LogP contribution in [-0.4, -0.2) is 71.4 Å². The van der Waals surface area contributed by atoms with E-state index in [-0.39, 0.29) is 5.91 Å². The van der Waals surface area contributed by atoms with Gasteiger partial charge >= 0.3 is 0 Å². The number of nitrogens with one attached hydrogen (secondary N) is 1. The van der Waals surface area contributed by atoms with Crippen LogP contribution in [0.5, 0.6) is 17.2 Å². The Kier molecular flexibility index (Phi) is 8.26. The van der Waals surface area contributed by atoms with Gasteiger partial charge in [-0.25, -0.2) is 0 Å². The Labute approximate surface area is 188 Å². The van der Waals surface area contributed by atoms with Gasteiger partial charge in [-0.3, -0.25) is 9.69 Å². The first-order chi connectivity index (χ1) is 15.1. The summed E-state index contributed by atoms with van der Waals surface area (Å²) in [6.07, 6.45) is 0.877. The minimum Gasteiger partial charge on any atom is -0.493 e. The summed E-state index contributed by atoms with van der Waals surface area (Å²) in [7, 11) is 4.58. The molecule has 1 N–H and O–H groups in total. The zero-order valence-electron chi connectivity index (χ0n) is 18.3. The molecule has 1 heterocycles. The van der Waals surface area contributed by atoms with Crippen molar-refractivity contribution >= 4 is 23.2 Å². The summed E-state index contributed by atoms with van der Waals surface area (Å²) in [6.45, 7) is 5.50. The molecule has 0 unspecified atom stereocenters. The number of benzene rings is 2. The first-order valence-corrected chi connectivity index (χ1v) is 10.7. The monoisotopic (exact) mass is 447 g/mol. The lowest BCUT2D eigenvalue weighted by Crippen LogP contribution is -2.47. The van der Waals surface area contributed by atoms with Crippen molar-refractivity contribution in [2.75, 3.05) is 65.5 Å². The molecule has 0 atom stereocenters. The summed E-state index contributed by atoms with van der Waals surface area (Å²) in [6, 6.07) is 11.4. The van der Waals surface area contributed by atoms with Crippen molar-refractivity contribution in [3.63, 3.8) is 0 Å². The van der Waals surface area contributed by atoms with Crippen LogP contribution in [0.4, 0.5) is 5.69 Å². The Bertz CT molecular complexity index is 868. The summed E-state index contributed by atoms with van der Waals surface area (Å²) >= 11 is 5.98. The minimum atomic E-state index is -0.189. The molecule has 0 aliphatic carbocycles. The van der Waals surface area contributed by atoms with Gasteiger partial charge in [0.15, 0.2) is 11.5 Å². The van der Waals surface area contributed by atoms with Crippen molar-refractivity contribution in [3.8, 4) is 17.2 Å².